The average molecular weight is 1810 g/mol. The fraction of sp³-hybridized carbons (Fsp3) is 0.713. The van der Waals surface area contributed by atoms with Crippen molar-refractivity contribution >= 4 is 81.1 Å². The highest BCUT2D eigenvalue weighted by atomic mass is 32.2. The first-order valence-corrected chi connectivity index (χ1v) is 46.0. The number of carbonyl (C=O) groups is 11. The Morgan fingerprint density at radius 2 is 1.28 bits per heavy atom. The summed E-state index contributed by atoms with van der Waals surface area (Å²) < 4.78 is 78.2. The Bertz CT molecular complexity index is 4000. The standard InChI is InChI=1S/C87H144N16O23S/c1-15-58(8)77(69(119-13)52-72(106)102-41-25-31-67(102)79(120-14)59(9)80(108)93-60(10)78(107)62-26-18-16-19-27-62)100(11)85(113)74(56(4)5)97-84(112)76(57(6)7)101(12)87(115)126-53-61-33-35-63(36-34-61)94-82(110)65(29-24-39-92-86(89)114)95-83(111)73(55(2)3)96-81(109)64(88)28-22-23-38-90-71(105)54-125-68-32-21-17-20-30-66-75(68)98-99-103(66)42-44-122-46-48-124-50-49-123-47-45-121-43-37-70(104)91-40-51-127(116,117)118/h16,18-19,26-27,33-36,55-60,64-65,67-69,73-74,76-79,107H,15,17,20-25,28-32,37-54,88H2,1-14H3,(H,90,105)(H,91,104)(H,93,108)(H,94,110)(H,95,111)(H,96,109)(H,97,112)(H3,89,92,114)(H,116,117,118)/t58-,59+,60+,64+,65-,67-,68?,69+,73-,74-,76-,77-,78+,79+/m0/s1. The van der Waals surface area contributed by atoms with Gasteiger partial charge in [-0.15, -0.1) is 5.10 Å². The molecule has 1 aliphatic heterocycles. The Kier molecular flexibility index (Phi) is 48.7. The van der Waals surface area contributed by atoms with Gasteiger partial charge in [0.1, 0.15) is 49.2 Å². The lowest BCUT2D eigenvalue weighted by molar-refractivity contribution is -0.148. The molecule has 5 rings (SSSR count). The van der Waals surface area contributed by atoms with Gasteiger partial charge < -0.3 is 107 Å². The summed E-state index contributed by atoms with van der Waals surface area (Å²) in [6.45, 7) is 20.9. The molecular formula is C87H144N16O23S. The van der Waals surface area contributed by atoms with Crippen LogP contribution in [0.2, 0.25) is 0 Å². The number of primary amides is 1. The second-order valence-electron chi connectivity index (χ2n) is 33.6. The van der Waals surface area contributed by atoms with E-state index in [1.807, 2.05) is 36.7 Å². The number of likely N-dealkylation sites (N-methyl/N-ethyl adjacent to an activating group) is 2. The molecule has 3 aromatic rings. The minimum absolute atomic E-state index is 0.0362. The molecule has 1 aliphatic carbocycles. The average Bonchev–Trinajstić information content (AvgIpc) is 1.72. The van der Waals surface area contributed by atoms with Crippen LogP contribution in [0.4, 0.5) is 15.3 Å². The van der Waals surface area contributed by atoms with Crippen molar-refractivity contribution in [2.75, 3.05) is 125 Å². The monoisotopic (exact) mass is 1810 g/mol. The van der Waals surface area contributed by atoms with Crippen molar-refractivity contribution < 1.29 is 109 Å². The maximum atomic E-state index is 14.9. The van der Waals surface area contributed by atoms with Crippen LogP contribution in [0, 0.1) is 29.6 Å². The molecule has 39 nitrogen and oxygen atoms in total. The molecule has 2 aliphatic rings. The van der Waals surface area contributed by atoms with Gasteiger partial charge in [0, 0.05) is 66.6 Å². The first-order chi connectivity index (χ1) is 60.4. The minimum Gasteiger partial charge on any atom is -0.445 e. The summed E-state index contributed by atoms with van der Waals surface area (Å²) in [5, 5.41) is 41.8. The molecule has 716 valence electrons. The molecule has 1 aromatic heterocycles. The fourth-order valence-electron chi connectivity index (χ4n) is 15.4. The summed E-state index contributed by atoms with van der Waals surface area (Å²) in [5.41, 5.74) is 14.8. The van der Waals surface area contributed by atoms with Crippen molar-refractivity contribution in [1.29, 1.82) is 0 Å². The lowest BCUT2D eigenvalue weighted by atomic mass is 9.89. The number of amides is 12. The number of nitrogens with one attached hydrogen (secondary N) is 8. The van der Waals surface area contributed by atoms with E-state index in [9.17, 15) is 66.3 Å². The number of fused-ring (bicyclic) bond motifs is 1. The quantitative estimate of drug-likeness (QED) is 0.0279. The summed E-state index contributed by atoms with van der Waals surface area (Å²) in [6, 6.07) is 7.37. The number of methoxy groups -OCH3 is 2. The van der Waals surface area contributed by atoms with Crippen molar-refractivity contribution in [2.24, 2.45) is 41.1 Å². The molecule has 40 heteroatoms. The highest BCUT2D eigenvalue weighted by molar-refractivity contribution is 7.85. The number of benzene rings is 2. The van der Waals surface area contributed by atoms with Gasteiger partial charge in [0.25, 0.3) is 10.1 Å². The van der Waals surface area contributed by atoms with Gasteiger partial charge in [-0.25, -0.2) is 14.3 Å². The van der Waals surface area contributed by atoms with Crippen molar-refractivity contribution in [2.45, 2.75) is 251 Å². The number of nitrogens with two attached hydrogens (primary N) is 2. The van der Waals surface area contributed by atoms with Crippen LogP contribution in [0.25, 0.3) is 0 Å². The molecular weight excluding hydrogens is 1670 g/mol. The first kappa shape index (κ1) is 108. The van der Waals surface area contributed by atoms with E-state index >= 15 is 0 Å². The number of hydrogen-bond donors (Lipinski definition) is 12. The Hall–Kier alpha value is -9.10. The maximum Gasteiger partial charge on any atom is 0.410 e. The zero-order valence-electron chi connectivity index (χ0n) is 76.6. The van der Waals surface area contributed by atoms with Gasteiger partial charge in [-0.05, 0) is 118 Å². The van der Waals surface area contributed by atoms with E-state index in [0.29, 0.717) is 107 Å². The Morgan fingerprint density at radius 3 is 1.89 bits per heavy atom. The van der Waals surface area contributed by atoms with E-state index in [1.54, 1.807) is 109 Å². The first-order valence-electron chi connectivity index (χ1n) is 44.4. The van der Waals surface area contributed by atoms with Crippen LogP contribution < -0.4 is 54.0 Å². The number of carbonyl (C=O) groups excluding carboxylic acids is 11. The second-order valence-corrected chi connectivity index (χ2v) is 35.1. The van der Waals surface area contributed by atoms with Crippen LogP contribution in [0.3, 0.4) is 0 Å². The summed E-state index contributed by atoms with van der Waals surface area (Å²) in [6.07, 6.45) is 3.67. The number of urea groups is 1. The highest BCUT2D eigenvalue weighted by Crippen LogP contribution is 2.33. The van der Waals surface area contributed by atoms with Crippen LogP contribution in [-0.4, -0.2) is 293 Å². The highest BCUT2D eigenvalue weighted by Gasteiger charge is 2.45. The van der Waals surface area contributed by atoms with Crippen LogP contribution in [0.1, 0.15) is 194 Å². The van der Waals surface area contributed by atoms with E-state index in [-0.39, 0.29) is 108 Å². The zero-order chi connectivity index (χ0) is 93.9. The van der Waals surface area contributed by atoms with E-state index in [0.717, 1.165) is 31.4 Å². The van der Waals surface area contributed by atoms with Crippen molar-refractivity contribution in [1.82, 2.24) is 66.9 Å². The molecule has 1 saturated heterocycles. The van der Waals surface area contributed by atoms with Gasteiger partial charge in [-0.2, -0.15) is 8.42 Å². The molecule has 2 heterocycles. The SMILES string of the molecule is CC[C@H](C)[C@@H]([C@@H](CC(=O)N1CCC[C@H]1[C@H](OC)[C@@H](C)C(=O)N[C@H](C)[C@@H](O)c1ccccc1)OC)N(C)C(=O)[C@@H](NC(=O)[C@H](C(C)C)N(C)C(=O)OCc1ccc(NC(=O)[C@H](CCCNC(N)=O)NC(=O)[C@@H](NC(=O)[C@H](N)CCCCNC(=O)COC2CCCCCc3c2nnn3CCOCCOCCOCCOCCC(=O)NCCS(=O)(=O)O)C(C)C)cc1)C(C)C. The summed E-state index contributed by atoms with van der Waals surface area (Å²) in [4.78, 5) is 154. The third kappa shape index (κ3) is 37.5. The Morgan fingerprint density at radius 1 is 0.646 bits per heavy atom. The number of anilines is 1. The third-order valence-corrected chi connectivity index (χ3v) is 23.5. The van der Waals surface area contributed by atoms with Crippen molar-refractivity contribution in [3.05, 3.63) is 77.1 Å². The lowest BCUT2D eigenvalue weighted by Crippen LogP contribution is -2.60. The summed E-state index contributed by atoms with van der Waals surface area (Å²) >= 11 is 0. The van der Waals surface area contributed by atoms with Crippen LogP contribution in [0.15, 0.2) is 54.6 Å². The van der Waals surface area contributed by atoms with E-state index in [4.69, 9.17) is 53.9 Å². The third-order valence-electron chi connectivity index (χ3n) is 22.8. The number of aromatic nitrogens is 3. The molecule has 12 amide bonds. The summed E-state index contributed by atoms with van der Waals surface area (Å²) in [7, 11) is 1.91. The molecule has 1 fully saturated rings. The van der Waals surface area contributed by atoms with Crippen LogP contribution in [-0.2, 0) is 111 Å². The predicted octanol–water partition coefficient (Wildman–Crippen LogP) is 4.13. The number of rotatable bonds is 59. The largest absolute Gasteiger partial charge is 0.445 e. The van der Waals surface area contributed by atoms with Gasteiger partial charge in [0.15, 0.2) is 0 Å². The van der Waals surface area contributed by atoms with Gasteiger partial charge in [0.05, 0.1) is 126 Å². The summed E-state index contributed by atoms with van der Waals surface area (Å²) in [5.74, 6) is -7.07. The van der Waals surface area contributed by atoms with Crippen molar-refractivity contribution in [3.8, 4) is 0 Å². The smallest absolute Gasteiger partial charge is 0.410 e. The van der Waals surface area contributed by atoms with Crippen LogP contribution >= 0.6 is 0 Å². The molecule has 0 spiro atoms. The van der Waals surface area contributed by atoms with Gasteiger partial charge >= 0.3 is 12.1 Å². The van der Waals surface area contributed by atoms with Gasteiger partial charge in [0.2, 0.25) is 53.2 Å². The predicted molar refractivity (Wildman–Crippen MR) is 472 cm³/mol. The number of likely N-dealkylation sites (tertiary alicyclic amines) is 1. The van der Waals surface area contributed by atoms with E-state index < -0.39 is 160 Å². The van der Waals surface area contributed by atoms with E-state index in [2.05, 4.69) is 52.8 Å². The Labute approximate surface area is 747 Å². The Balaban J connectivity index is 1.06. The number of ether oxygens (including phenoxy) is 8. The zero-order valence-corrected chi connectivity index (χ0v) is 77.5. The van der Waals surface area contributed by atoms with Gasteiger partial charge in [-0.1, -0.05) is 129 Å². The molecule has 2 aromatic carbocycles. The number of aliphatic hydroxyl groups is 1. The molecule has 0 radical (unpaired) electrons. The molecule has 0 saturated carbocycles. The number of nitrogens with zero attached hydrogens (tertiary/aromatic N) is 6. The molecule has 14 N–H and O–H groups in total. The molecule has 14 atom stereocenters. The van der Waals surface area contributed by atoms with Crippen molar-refractivity contribution in [3.63, 3.8) is 0 Å². The fourth-order valence-corrected chi connectivity index (χ4v) is 15.7. The second kappa shape index (κ2) is 57.1. The molecule has 127 heavy (non-hydrogen) atoms. The minimum atomic E-state index is -4.15. The number of aliphatic hydroxyl groups excluding tert-OH is 1. The number of unbranched alkanes of at least 4 members (excludes halogenated alkanes) is 1. The maximum absolute atomic E-state index is 14.9. The topological polar surface area (TPSA) is 525 Å². The molecule has 1 unspecified atom stereocenters. The number of hydrogen-bond acceptors (Lipinski definition) is 25. The lowest BCUT2D eigenvalue weighted by Gasteiger charge is -2.41. The molecule has 0 bridgehead atoms. The normalized spacial score (nSPS) is 17.0. The van der Waals surface area contributed by atoms with Crippen LogP contribution in [0.5, 0.6) is 0 Å². The van der Waals surface area contributed by atoms with Gasteiger partial charge in [-0.3, -0.25) is 52.6 Å². The van der Waals surface area contributed by atoms with E-state index in [1.165, 1.54) is 26.2 Å².